The molecule has 3 heteroatoms. The molecule has 3 nitrogen and oxygen atoms in total. The number of aryl methyl sites for hydroxylation is 1. The minimum Gasteiger partial charge on any atom is -0.262 e. The molecule has 0 spiro atoms. The van der Waals surface area contributed by atoms with E-state index in [1.165, 1.54) is 0 Å². The highest BCUT2D eigenvalue weighted by Crippen LogP contribution is 2.05. The van der Waals surface area contributed by atoms with Gasteiger partial charge in [-0.15, -0.1) is 0 Å². The lowest BCUT2D eigenvalue weighted by molar-refractivity contribution is 0.872. The molecular weight excluding hydrogens is 174 g/mol. The normalized spacial score (nSPS) is 9.07. The number of pyridine rings is 1. The highest BCUT2D eigenvalue weighted by atomic mass is 15.3. The van der Waals surface area contributed by atoms with Crippen LogP contribution >= 0.6 is 0 Å². The first-order valence-corrected chi connectivity index (χ1v) is 4.78. The van der Waals surface area contributed by atoms with Gasteiger partial charge in [0.05, 0.1) is 11.9 Å². The second kappa shape index (κ2) is 5.17. The molecule has 0 aliphatic heterocycles. The minimum atomic E-state index is 1.00. The van der Waals surface area contributed by atoms with Gasteiger partial charge in [-0.1, -0.05) is 13.8 Å². The van der Waals surface area contributed by atoms with Gasteiger partial charge < -0.3 is 0 Å². The van der Waals surface area contributed by atoms with E-state index in [1.807, 2.05) is 45.3 Å². The number of hydrogen-bond acceptors (Lipinski definition) is 2. The highest BCUT2D eigenvalue weighted by molar-refractivity contribution is 5.30. The van der Waals surface area contributed by atoms with Crippen molar-refractivity contribution in [2.75, 3.05) is 0 Å². The van der Waals surface area contributed by atoms with Crippen LogP contribution in [0, 0.1) is 6.92 Å². The van der Waals surface area contributed by atoms with E-state index >= 15 is 0 Å². The zero-order valence-electron chi connectivity index (χ0n) is 8.81. The van der Waals surface area contributed by atoms with Gasteiger partial charge in [-0.2, -0.15) is 5.10 Å². The largest absolute Gasteiger partial charge is 0.262 e. The van der Waals surface area contributed by atoms with Crippen LogP contribution in [0.1, 0.15) is 19.4 Å². The van der Waals surface area contributed by atoms with Gasteiger partial charge in [0.15, 0.2) is 0 Å². The van der Waals surface area contributed by atoms with Crippen molar-refractivity contribution in [1.29, 1.82) is 0 Å². The smallest absolute Gasteiger partial charge is 0.0831 e. The van der Waals surface area contributed by atoms with Crippen LogP contribution < -0.4 is 0 Å². The van der Waals surface area contributed by atoms with Gasteiger partial charge in [0.1, 0.15) is 0 Å². The topological polar surface area (TPSA) is 30.7 Å². The molecule has 0 bridgehead atoms. The quantitative estimate of drug-likeness (QED) is 0.690. The summed E-state index contributed by atoms with van der Waals surface area (Å²) in [5.41, 5.74) is 2.14. The number of aromatic nitrogens is 3. The Bertz CT molecular complexity index is 366. The van der Waals surface area contributed by atoms with Gasteiger partial charge in [-0.05, 0) is 24.6 Å². The Morgan fingerprint density at radius 3 is 2.57 bits per heavy atom. The molecule has 0 aromatic carbocycles. The molecule has 0 atom stereocenters. The highest BCUT2D eigenvalue weighted by Gasteiger charge is 1.94. The van der Waals surface area contributed by atoms with Crippen LogP contribution in [-0.4, -0.2) is 14.8 Å². The van der Waals surface area contributed by atoms with Crippen molar-refractivity contribution < 1.29 is 0 Å². The molecule has 0 saturated carbocycles. The average molecular weight is 189 g/mol. The van der Waals surface area contributed by atoms with E-state index in [1.54, 1.807) is 17.1 Å². The van der Waals surface area contributed by atoms with Crippen LogP contribution in [-0.2, 0) is 0 Å². The van der Waals surface area contributed by atoms with E-state index in [-0.39, 0.29) is 0 Å². The maximum Gasteiger partial charge on any atom is 0.0831 e. The summed E-state index contributed by atoms with van der Waals surface area (Å²) in [7, 11) is 0. The van der Waals surface area contributed by atoms with Crippen LogP contribution in [0.15, 0.2) is 36.9 Å². The second-order valence-electron chi connectivity index (χ2n) is 2.67. The summed E-state index contributed by atoms with van der Waals surface area (Å²) in [4.78, 5) is 4.08. The lowest BCUT2D eigenvalue weighted by Crippen LogP contribution is -1.94. The summed E-state index contributed by atoms with van der Waals surface area (Å²) < 4.78 is 1.79. The molecular formula is C11H15N3. The summed E-state index contributed by atoms with van der Waals surface area (Å²) in [6.07, 6.45) is 7.27. The van der Waals surface area contributed by atoms with Crippen molar-refractivity contribution in [2.24, 2.45) is 0 Å². The molecule has 0 saturated heterocycles. The predicted molar refractivity (Wildman–Crippen MR) is 57.4 cm³/mol. The maximum atomic E-state index is 4.10. The van der Waals surface area contributed by atoms with Crippen molar-refractivity contribution in [2.45, 2.75) is 20.8 Å². The fourth-order valence-electron chi connectivity index (χ4n) is 1.09. The van der Waals surface area contributed by atoms with E-state index in [4.69, 9.17) is 0 Å². The first-order chi connectivity index (χ1) is 6.86. The molecule has 2 heterocycles. The van der Waals surface area contributed by atoms with E-state index < -0.39 is 0 Å². The van der Waals surface area contributed by atoms with Crippen molar-refractivity contribution in [3.63, 3.8) is 0 Å². The lowest BCUT2D eigenvalue weighted by atomic mass is 10.3. The average Bonchev–Trinajstić information content (AvgIpc) is 2.74. The molecule has 0 unspecified atom stereocenters. The Morgan fingerprint density at radius 2 is 2.00 bits per heavy atom. The Morgan fingerprint density at radius 1 is 1.21 bits per heavy atom. The predicted octanol–water partition coefficient (Wildman–Crippen LogP) is 2.60. The molecule has 2 aromatic heterocycles. The van der Waals surface area contributed by atoms with Crippen LogP contribution in [0.4, 0.5) is 0 Å². The van der Waals surface area contributed by atoms with Gasteiger partial charge in [0.2, 0.25) is 0 Å². The molecule has 74 valence electrons. The van der Waals surface area contributed by atoms with E-state index in [0.717, 1.165) is 11.3 Å². The zero-order valence-corrected chi connectivity index (χ0v) is 8.81. The van der Waals surface area contributed by atoms with Crippen LogP contribution in [0.2, 0.25) is 0 Å². The summed E-state index contributed by atoms with van der Waals surface area (Å²) in [5.74, 6) is 0. The fraction of sp³-hybridized carbons (Fsp3) is 0.273. The van der Waals surface area contributed by atoms with Crippen LogP contribution in [0.5, 0.6) is 0 Å². The molecule has 14 heavy (non-hydrogen) atoms. The minimum absolute atomic E-state index is 1.00. The van der Waals surface area contributed by atoms with Crippen molar-refractivity contribution >= 4 is 0 Å². The summed E-state index contributed by atoms with van der Waals surface area (Å²) in [5, 5.41) is 4.10. The molecule has 0 fully saturated rings. The van der Waals surface area contributed by atoms with E-state index in [2.05, 4.69) is 10.1 Å². The Hall–Kier alpha value is -1.64. The van der Waals surface area contributed by atoms with Crippen molar-refractivity contribution in [3.05, 3.63) is 42.5 Å². The van der Waals surface area contributed by atoms with E-state index in [0.29, 0.717) is 0 Å². The van der Waals surface area contributed by atoms with Gasteiger partial charge in [-0.3, -0.25) is 4.98 Å². The van der Waals surface area contributed by atoms with Gasteiger partial charge in [0, 0.05) is 18.6 Å². The molecule has 0 amide bonds. The van der Waals surface area contributed by atoms with Gasteiger partial charge >= 0.3 is 0 Å². The second-order valence-corrected chi connectivity index (χ2v) is 2.67. The zero-order chi connectivity index (χ0) is 10.4. The Labute approximate surface area is 84.4 Å². The molecule has 0 radical (unpaired) electrons. The first-order valence-electron chi connectivity index (χ1n) is 4.78. The first kappa shape index (κ1) is 10.4. The molecule has 2 rings (SSSR count). The summed E-state index contributed by atoms with van der Waals surface area (Å²) in [6.45, 7) is 6.01. The SMILES string of the molecule is CC.Cc1cncc(-n2cccn2)c1. The standard InChI is InChI=1S/C9H9N3.C2H6/c1-8-5-9(7-10-6-8)12-4-2-3-11-12;1-2/h2-7H,1H3;1-2H3. The third-order valence-electron chi connectivity index (χ3n) is 1.63. The number of rotatable bonds is 1. The molecule has 0 aliphatic carbocycles. The van der Waals surface area contributed by atoms with Crippen LogP contribution in [0.25, 0.3) is 5.69 Å². The number of hydrogen-bond donors (Lipinski definition) is 0. The fourth-order valence-corrected chi connectivity index (χ4v) is 1.09. The number of nitrogens with zero attached hydrogens (tertiary/aromatic N) is 3. The van der Waals surface area contributed by atoms with Crippen molar-refractivity contribution in [3.8, 4) is 5.69 Å². The Balaban J connectivity index is 0.000000461. The van der Waals surface area contributed by atoms with Gasteiger partial charge in [-0.25, -0.2) is 4.68 Å². The van der Waals surface area contributed by atoms with E-state index in [9.17, 15) is 0 Å². The lowest BCUT2D eigenvalue weighted by Gasteiger charge is -2.00. The molecule has 2 aromatic rings. The van der Waals surface area contributed by atoms with Crippen LogP contribution in [0.3, 0.4) is 0 Å². The third-order valence-corrected chi connectivity index (χ3v) is 1.63. The monoisotopic (exact) mass is 189 g/mol. The summed E-state index contributed by atoms with van der Waals surface area (Å²) in [6, 6.07) is 3.93. The van der Waals surface area contributed by atoms with Crippen molar-refractivity contribution in [1.82, 2.24) is 14.8 Å². The maximum absolute atomic E-state index is 4.10. The molecule has 0 aliphatic rings. The molecule has 0 N–H and O–H groups in total. The summed E-state index contributed by atoms with van der Waals surface area (Å²) >= 11 is 0. The van der Waals surface area contributed by atoms with Gasteiger partial charge in [0.25, 0.3) is 0 Å². The third kappa shape index (κ3) is 2.42. The Kier molecular flexibility index (Phi) is 3.85.